The van der Waals surface area contributed by atoms with E-state index in [4.69, 9.17) is 0 Å². The summed E-state index contributed by atoms with van der Waals surface area (Å²) in [5.41, 5.74) is 4.65. The molecule has 0 saturated carbocycles. The summed E-state index contributed by atoms with van der Waals surface area (Å²) < 4.78 is 1.80. The summed E-state index contributed by atoms with van der Waals surface area (Å²) in [4.78, 5) is 18.9. The second-order valence-electron chi connectivity index (χ2n) is 8.72. The molecule has 35 heavy (non-hydrogen) atoms. The number of nitrogens with zero attached hydrogens (tertiary/aromatic N) is 5. The molecule has 5 aromatic rings. The first-order valence-electron chi connectivity index (χ1n) is 11.8. The summed E-state index contributed by atoms with van der Waals surface area (Å²) in [5.74, 6) is 0.643. The smallest absolute Gasteiger partial charge is 0.253 e. The lowest BCUT2D eigenvalue weighted by Gasteiger charge is -2.30. The molecule has 1 atom stereocenters. The molecular formula is C28H28N6O. The van der Waals surface area contributed by atoms with Crippen LogP contribution in [0.3, 0.4) is 0 Å². The molecule has 0 amide bonds. The van der Waals surface area contributed by atoms with E-state index in [1.54, 1.807) is 4.68 Å². The standard InChI is InChI=1S/C28H28N6O/c1-3-33(18-21-12-6-4-7-13-21)26(24-17-23-16-10-11-20(2)25(23)29-28(24)35)27-30-31-32-34(27)19-22-14-8-5-9-15-22/h4-17,26H,3,18-19H2,1-2H3,(H,29,35)/t26-/m0/s1. The quantitative estimate of drug-likeness (QED) is 0.366. The van der Waals surface area contributed by atoms with Gasteiger partial charge in [-0.15, -0.1) is 5.10 Å². The largest absolute Gasteiger partial charge is 0.321 e. The van der Waals surface area contributed by atoms with E-state index in [0.29, 0.717) is 31.0 Å². The second-order valence-corrected chi connectivity index (χ2v) is 8.72. The van der Waals surface area contributed by atoms with Gasteiger partial charge < -0.3 is 4.98 Å². The molecule has 0 aliphatic rings. The number of aryl methyl sites for hydroxylation is 1. The highest BCUT2D eigenvalue weighted by molar-refractivity contribution is 5.82. The summed E-state index contributed by atoms with van der Waals surface area (Å²) in [6, 6.07) is 28.0. The first kappa shape index (κ1) is 22.7. The van der Waals surface area contributed by atoms with Gasteiger partial charge in [-0.2, -0.15) is 0 Å². The number of hydrogen-bond acceptors (Lipinski definition) is 5. The molecule has 7 nitrogen and oxygen atoms in total. The zero-order valence-corrected chi connectivity index (χ0v) is 19.9. The van der Waals surface area contributed by atoms with Crippen LogP contribution >= 0.6 is 0 Å². The number of pyridine rings is 1. The van der Waals surface area contributed by atoms with Gasteiger partial charge in [0.25, 0.3) is 5.56 Å². The fourth-order valence-electron chi connectivity index (χ4n) is 4.58. The molecule has 2 aromatic heterocycles. The number of H-pyrrole nitrogens is 1. The number of hydrogen-bond donors (Lipinski definition) is 1. The van der Waals surface area contributed by atoms with E-state index >= 15 is 0 Å². The maximum absolute atomic E-state index is 13.5. The summed E-state index contributed by atoms with van der Waals surface area (Å²) in [6.07, 6.45) is 0. The van der Waals surface area contributed by atoms with Crippen molar-refractivity contribution in [3.05, 3.63) is 123 Å². The first-order chi connectivity index (χ1) is 17.1. The van der Waals surface area contributed by atoms with Crippen LogP contribution in [0.15, 0.2) is 89.7 Å². The number of para-hydroxylation sites is 1. The Morgan fingerprint density at radius 2 is 1.66 bits per heavy atom. The number of aromatic amines is 1. The highest BCUT2D eigenvalue weighted by atomic mass is 16.1. The van der Waals surface area contributed by atoms with Crippen LogP contribution in [0, 0.1) is 6.92 Å². The lowest BCUT2D eigenvalue weighted by atomic mass is 10.0. The van der Waals surface area contributed by atoms with Crippen molar-refractivity contribution in [3.8, 4) is 0 Å². The Kier molecular flexibility index (Phi) is 6.50. The van der Waals surface area contributed by atoms with Gasteiger partial charge in [-0.1, -0.05) is 85.8 Å². The maximum atomic E-state index is 13.5. The normalized spacial score (nSPS) is 12.3. The lowest BCUT2D eigenvalue weighted by Crippen LogP contribution is -2.35. The van der Waals surface area contributed by atoms with Crippen LogP contribution < -0.4 is 5.56 Å². The minimum absolute atomic E-state index is 0.127. The van der Waals surface area contributed by atoms with Crippen LogP contribution in [0.1, 0.15) is 41.0 Å². The van der Waals surface area contributed by atoms with E-state index in [1.807, 2.05) is 79.7 Å². The summed E-state index contributed by atoms with van der Waals surface area (Å²) >= 11 is 0. The average Bonchev–Trinajstić information content (AvgIpc) is 3.33. The number of fused-ring (bicyclic) bond motifs is 1. The van der Waals surface area contributed by atoms with E-state index in [-0.39, 0.29) is 5.56 Å². The first-order valence-corrected chi connectivity index (χ1v) is 11.8. The third kappa shape index (κ3) is 4.76. The van der Waals surface area contributed by atoms with Crippen molar-refractivity contribution < 1.29 is 0 Å². The molecule has 3 aromatic carbocycles. The predicted octanol–water partition coefficient (Wildman–Crippen LogP) is 4.48. The zero-order chi connectivity index (χ0) is 24.2. The molecule has 0 radical (unpaired) electrons. The van der Waals surface area contributed by atoms with Gasteiger partial charge in [-0.25, -0.2) is 4.68 Å². The molecular weight excluding hydrogens is 436 g/mol. The number of benzene rings is 3. The van der Waals surface area contributed by atoms with Crippen LogP contribution in [0.25, 0.3) is 10.9 Å². The van der Waals surface area contributed by atoms with Crippen molar-refractivity contribution in [1.82, 2.24) is 30.1 Å². The van der Waals surface area contributed by atoms with Crippen LogP contribution in [0.5, 0.6) is 0 Å². The monoisotopic (exact) mass is 464 g/mol. The number of aromatic nitrogens is 5. The van der Waals surface area contributed by atoms with Crippen molar-refractivity contribution in [1.29, 1.82) is 0 Å². The SMILES string of the molecule is CCN(Cc1ccccc1)[C@@H](c1cc2cccc(C)c2[nH]c1=O)c1nnnn1Cc1ccccc1. The van der Waals surface area contributed by atoms with Crippen molar-refractivity contribution in [2.75, 3.05) is 6.54 Å². The van der Waals surface area contributed by atoms with E-state index in [2.05, 4.69) is 44.5 Å². The molecule has 0 bridgehead atoms. The molecule has 0 unspecified atom stereocenters. The molecule has 0 fully saturated rings. The van der Waals surface area contributed by atoms with Gasteiger partial charge in [0.15, 0.2) is 5.82 Å². The molecule has 2 heterocycles. The van der Waals surface area contributed by atoms with Gasteiger partial charge in [0.05, 0.1) is 12.1 Å². The van der Waals surface area contributed by atoms with Crippen molar-refractivity contribution in [3.63, 3.8) is 0 Å². The van der Waals surface area contributed by atoms with Crippen LogP contribution in [0.4, 0.5) is 0 Å². The van der Waals surface area contributed by atoms with Crippen molar-refractivity contribution >= 4 is 10.9 Å². The lowest BCUT2D eigenvalue weighted by molar-refractivity contribution is 0.214. The molecule has 0 spiro atoms. The third-order valence-electron chi connectivity index (χ3n) is 6.39. The number of tetrazole rings is 1. The fourth-order valence-corrected chi connectivity index (χ4v) is 4.58. The average molecular weight is 465 g/mol. The van der Waals surface area contributed by atoms with Gasteiger partial charge in [0.1, 0.15) is 6.04 Å². The van der Waals surface area contributed by atoms with Gasteiger partial charge in [-0.05, 0) is 52.0 Å². The van der Waals surface area contributed by atoms with Gasteiger partial charge >= 0.3 is 0 Å². The highest BCUT2D eigenvalue weighted by Gasteiger charge is 2.30. The Labute approximate surface area is 204 Å². The summed E-state index contributed by atoms with van der Waals surface area (Å²) in [6.45, 7) is 5.99. The van der Waals surface area contributed by atoms with Crippen molar-refractivity contribution in [2.45, 2.75) is 33.0 Å². The van der Waals surface area contributed by atoms with Gasteiger partial charge in [0, 0.05) is 12.1 Å². The predicted molar refractivity (Wildman–Crippen MR) is 137 cm³/mol. The highest BCUT2D eigenvalue weighted by Crippen LogP contribution is 2.29. The Bertz CT molecular complexity index is 1480. The van der Waals surface area contributed by atoms with Crippen LogP contribution in [-0.2, 0) is 13.1 Å². The molecule has 0 saturated heterocycles. The fraction of sp³-hybridized carbons (Fsp3) is 0.214. The van der Waals surface area contributed by atoms with Crippen LogP contribution in [-0.4, -0.2) is 36.6 Å². The third-order valence-corrected chi connectivity index (χ3v) is 6.39. The summed E-state index contributed by atoms with van der Waals surface area (Å²) in [5, 5.41) is 13.8. The number of rotatable bonds is 8. The Morgan fingerprint density at radius 1 is 0.943 bits per heavy atom. The van der Waals surface area contributed by atoms with Gasteiger partial charge in [-0.3, -0.25) is 9.69 Å². The Morgan fingerprint density at radius 3 is 2.37 bits per heavy atom. The molecule has 7 heteroatoms. The molecule has 1 N–H and O–H groups in total. The second kappa shape index (κ2) is 10.0. The number of nitrogens with one attached hydrogen (secondary N) is 1. The molecule has 0 aliphatic carbocycles. The molecule has 0 aliphatic heterocycles. The molecule has 5 rings (SSSR count). The Hall–Kier alpha value is -4.10. The molecule has 176 valence electrons. The minimum Gasteiger partial charge on any atom is -0.321 e. The summed E-state index contributed by atoms with van der Waals surface area (Å²) in [7, 11) is 0. The topological polar surface area (TPSA) is 79.7 Å². The van der Waals surface area contributed by atoms with Crippen LogP contribution in [0.2, 0.25) is 0 Å². The van der Waals surface area contributed by atoms with Gasteiger partial charge in [0.2, 0.25) is 0 Å². The maximum Gasteiger partial charge on any atom is 0.253 e. The van der Waals surface area contributed by atoms with E-state index in [1.165, 1.54) is 0 Å². The Balaban J connectivity index is 1.65. The van der Waals surface area contributed by atoms with Crippen molar-refractivity contribution in [2.24, 2.45) is 0 Å². The minimum atomic E-state index is -0.424. The van der Waals surface area contributed by atoms with E-state index < -0.39 is 6.04 Å². The van der Waals surface area contributed by atoms with E-state index in [0.717, 1.165) is 27.6 Å². The van der Waals surface area contributed by atoms with E-state index in [9.17, 15) is 4.79 Å². The zero-order valence-electron chi connectivity index (χ0n) is 19.9.